The molecule has 0 bridgehead atoms. The van der Waals surface area contributed by atoms with E-state index in [2.05, 4.69) is 30.7 Å². The van der Waals surface area contributed by atoms with Gasteiger partial charge in [0.2, 0.25) is 10.0 Å². The van der Waals surface area contributed by atoms with E-state index < -0.39 is 15.9 Å². The van der Waals surface area contributed by atoms with Crippen LogP contribution in [0.1, 0.15) is 55.1 Å². The molecule has 0 unspecified atom stereocenters. The number of nitrogens with zero attached hydrogens (tertiary/aromatic N) is 4. The van der Waals surface area contributed by atoms with Crippen molar-refractivity contribution < 1.29 is 17.9 Å². The first-order valence-electron chi connectivity index (χ1n) is 14.1. The summed E-state index contributed by atoms with van der Waals surface area (Å²) in [5.74, 6) is 1.41. The molecule has 4 aromatic rings. The monoisotopic (exact) mass is 603 g/mol. The SMILES string of the molecule is COc1c(NC(=O)c2ccc(C)c(-n3cc(-c4ccc(NCC5CC5)nc4)nn3)c2)cc(C(C)(C)C)cc1NS(C)(=O)=O. The van der Waals surface area contributed by atoms with Crippen molar-refractivity contribution >= 4 is 33.1 Å². The van der Waals surface area contributed by atoms with Crippen LogP contribution in [-0.2, 0) is 15.4 Å². The van der Waals surface area contributed by atoms with Crippen molar-refractivity contribution in [2.45, 2.75) is 46.0 Å². The third kappa shape index (κ3) is 7.31. The summed E-state index contributed by atoms with van der Waals surface area (Å²) in [6.07, 6.45) is 7.19. The molecule has 2 aromatic carbocycles. The van der Waals surface area contributed by atoms with E-state index in [0.717, 1.165) is 41.2 Å². The molecule has 1 aliphatic rings. The third-order valence-corrected chi connectivity index (χ3v) is 7.83. The second-order valence-corrected chi connectivity index (χ2v) is 13.7. The minimum atomic E-state index is -3.60. The number of amides is 1. The zero-order chi connectivity index (χ0) is 30.9. The Hall–Kier alpha value is -4.45. The molecule has 0 saturated heterocycles. The van der Waals surface area contributed by atoms with Crippen LogP contribution < -0.4 is 20.1 Å². The van der Waals surface area contributed by atoms with E-state index in [1.165, 1.54) is 20.0 Å². The van der Waals surface area contributed by atoms with E-state index in [-0.39, 0.29) is 16.9 Å². The number of benzene rings is 2. The Bertz CT molecular complexity index is 1760. The van der Waals surface area contributed by atoms with Gasteiger partial charge in [-0.3, -0.25) is 9.52 Å². The van der Waals surface area contributed by atoms with E-state index in [0.29, 0.717) is 22.6 Å². The Morgan fingerprint density at radius 2 is 1.84 bits per heavy atom. The number of hydrogen-bond donors (Lipinski definition) is 3. The number of aromatic nitrogens is 4. The summed E-state index contributed by atoms with van der Waals surface area (Å²) in [4.78, 5) is 18.0. The molecule has 2 heterocycles. The van der Waals surface area contributed by atoms with Crippen LogP contribution in [0.3, 0.4) is 0 Å². The molecule has 12 heteroatoms. The van der Waals surface area contributed by atoms with Gasteiger partial charge in [-0.25, -0.2) is 18.1 Å². The van der Waals surface area contributed by atoms with Crippen molar-refractivity contribution in [2.24, 2.45) is 5.92 Å². The van der Waals surface area contributed by atoms with Gasteiger partial charge < -0.3 is 15.4 Å². The lowest BCUT2D eigenvalue weighted by molar-refractivity contribution is 0.102. The summed E-state index contributed by atoms with van der Waals surface area (Å²) in [7, 11) is -2.17. The van der Waals surface area contributed by atoms with Crippen LogP contribution in [0.25, 0.3) is 16.9 Å². The molecule has 11 nitrogen and oxygen atoms in total. The molecule has 5 rings (SSSR count). The zero-order valence-corrected chi connectivity index (χ0v) is 26.0. The molecule has 1 fully saturated rings. The summed E-state index contributed by atoms with van der Waals surface area (Å²) in [5, 5.41) is 14.9. The summed E-state index contributed by atoms with van der Waals surface area (Å²) < 4.78 is 33.8. The number of sulfonamides is 1. The number of methoxy groups -OCH3 is 1. The minimum absolute atomic E-state index is 0.211. The highest BCUT2D eigenvalue weighted by atomic mass is 32.2. The minimum Gasteiger partial charge on any atom is -0.492 e. The van der Waals surface area contributed by atoms with Gasteiger partial charge in [0.25, 0.3) is 5.91 Å². The predicted molar refractivity (Wildman–Crippen MR) is 169 cm³/mol. The zero-order valence-electron chi connectivity index (χ0n) is 25.2. The Morgan fingerprint density at radius 1 is 1.09 bits per heavy atom. The molecule has 0 radical (unpaired) electrons. The molecular formula is C31H37N7O4S. The van der Waals surface area contributed by atoms with Crippen LogP contribution >= 0.6 is 0 Å². The van der Waals surface area contributed by atoms with Gasteiger partial charge in [0, 0.05) is 23.9 Å². The maximum absolute atomic E-state index is 13.5. The highest BCUT2D eigenvalue weighted by Crippen LogP contribution is 2.39. The van der Waals surface area contributed by atoms with Crippen molar-refractivity contribution in [2.75, 3.05) is 35.3 Å². The number of ether oxygens (including phenoxy) is 1. The highest BCUT2D eigenvalue weighted by molar-refractivity contribution is 7.92. The summed E-state index contributed by atoms with van der Waals surface area (Å²) in [6, 6.07) is 12.7. The fourth-order valence-electron chi connectivity index (χ4n) is 4.58. The van der Waals surface area contributed by atoms with Gasteiger partial charge >= 0.3 is 0 Å². The van der Waals surface area contributed by atoms with Gasteiger partial charge in [0.1, 0.15) is 11.5 Å². The number of carbonyl (C=O) groups is 1. The molecule has 3 N–H and O–H groups in total. The summed E-state index contributed by atoms with van der Waals surface area (Å²) >= 11 is 0. The smallest absolute Gasteiger partial charge is 0.255 e. The van der Waals surface area contributed by atoms with E-state index in [1.54, 1.807) is 41.3 Å². The number of nitrogens with one attached hydrogen (secondary N) is 3. The topological polar surface area (TPSA) is 140 Å². The van der Waals surface area contributed by atoms with Crippen molar-refractivity contribution in [1.82, 2.24) is 20.0 Å². The van der Waals surface area contributed by atoms with E-state index in [9.17, 15) is 13.2 Å². The van der Waals surface area contributed by atoms with Crippen LogP contribution in [-0.4, -0.2) is 54.2 Å². The normalized spacial score (nSPS) is 13.4. The number of aryl methyl sites for hydroxylation is 1. The van der Waals surface area contributed by atoms with Crippen LogP contribution in [0.2, 0.25) is 0 Å². The quantitative estimate of drug-likeness (QED) is 0.219. The standard InChI is InChI=1S/C31H37N7O4S/c1-19-7-10-21(30(39)34-24-14-23(31(2,3)4)15-25(29(24)42-5)36-43(6,40)41)13-27(19)38-18-26(35-37-38)22-11-12-28(33-17-22)32-16-20-8-9-20/h7,10-15,17-18,20,36H,8-9,16H2,1-6H3,(H,32,33)(H,34,39). The van der Waals surface area contributed by atoms with Gasteiger partial charge in [0.05, 0.1) is 36.6 Å². The largest absolute Gasteiger partial charge is 0.492 e. The molecule has 2 aromatic heterocycles. The maximum Gasteiger partial charge on any atom is 0.255 e. The van der Waals surface area contributed by atoms with Crippen molar-refractivity contribution in [1.29, 1.82) is 0 Å². The van der Waals surface area contributed by atoms with Gasteiger partial charge in [-0.1, -0.05) is 32.1 Å². The second-order valence-electron chi connectivity index (χ2n) is 12.0. The lowest BCUT2D eigenvalue weighted by atomic mass is 9.86. The van der Waals surface area contributed by atoms with Crippen LogP contribution in [0.5, 0.6) is 5.75 Å². The molecule has 43 heavy (non-hydrogen) atoms. The summed E-state index contributed by atoms with van der Waals surface area (Å²) in [5.41, 5.74) is 4.54. The predicted octanol–water partition coefficient (Wildman–Crippen LogP) is 5.39. The molecule has 1 amide bonds. The average molecular weight is 604 g/mol. The molecule has 1 aliphatic carbocycles. The second kappa shape index (κ2) is 11.7. The molecule has 0 aliphatic heterocycles. The maximum atomic E-state index is 13.5. The highest BCUT2D eigenvalue weighted by Gasteiger charge is 2.23. The van der Waals surface area contributed by atoms with E-state index in [4.69, 9.17) is 4.74 Å². The van der Waals surface area contributed by atoms with Gasteiger partial charge in [-0.2, -0.15) is 0 Å². The van der Waals surface area contributed by atoms with Gasteiger partial charge in [-0.05, 0) is 78.6 Å². The van der Waals surface area contributed by atoms with Crippen LogP contribution in [0, 0.1) is 12.8 Å². The first-order chi connectivity index (χ1) is 20.3. The first kappa shape index (κ1) is 30.0. The van der Waals surface area contributed by atoms with Gasteiger partial charge in [0.15, 0.2) is 5.75 Å². The lowest BCUT2D eigenvalue weighted by Gasteiger charge is -2.24. The molecule has 0 spiro atoms. The van der Waals surface area contributed by atoms with Crippen molar-refractivity contribution in [3.63, 3.8) is 0 Å². The van der Waals surface area contributed by atoms with E-state index >= 15 is 0 Å². The molecular weight excluding hydrogens is 566 g/mol. The number of rotatable bonds is 10. The number of carbonyl (C=O) groups excluding carboxylic acids is 1. The summed E-state index contributed by atoms with van der Waals surface area (Å²) in [6.45, 7) is 8.87. The third-order valence-electron chi connectivity index (χ3n) is 7.24. The van der Waals surface area contributed by atoms with Crippen molar-refractivity contribution in [3.8, 4) is 22.7 Å². The van der Waals surface area contributed by atoms with E-state index in [1.807, 2.05) is 45.9 Å². The Balaban J connectivity index is 1.40. The average Bonchev–Trinajstić information content (AvgIpc) is 3.64. The molecule has 0 atom stereocenters. The Morgan fingerprint density at radius 3 is 2.47 bits per heavy atom. The fourth-order valence-corrected chi connectivity index (χ4v) is 5.13. The Kier molecular flexibility index (Phi) is 8.15. The van der Waals surface area contributed by atoms with Gasteiger partial charge in [-0.15, -0.1) is 5.10 Å². The van der Waals surface area contributed by atoms with Crippen molar-refractivity contribution in [3.05, 3.63) is 71.5 Å². The molecule has 226 valence electrons. The Labute approximate surface area is 252 Å². The lowest BCUT2D eigenvalue weighted by Crippen LogP contribution is -2.18. The van der Waals surface area contributed by atoms with Crippen LogP contribution in [0.4, 0.5) is 17.2 Å². The van der Waals surface area contributed by atoms with Crippen LogP contribution in [0.15, 0.2) is 54.9 Å². The number of anilines is 3. The first-order valence-corrected chi connectivity index (χ1v) is 15.9. The fraction of sp³-hybridized carbons (Fsp3) is 0.355. The number of hydrogen-bond acceptors (Lipinski definition) is 8. The number of pyridine rings is 1. The molecule has 1 saturated carbocycles.